The molecule has 0 saturated carbocycles. The highest BCUT2D eigenvalue weighted by atomic mass is 16.7. The van der Waals surface area contributed by atoms with E-state index < -0.39 is 6.29 Å². The molecule has 0 radical (unpaired) electrons. The Bertz CT molecular complexity index is 361. The number of ether oxygens (including phenoxy) is 2. The maximum Gasteiger partial charge on any atom is 0.251 e. The summed E-state index contributed by atoms with van der Waals surface area (Å²) in [5.74, 6) is -0.184. The molecule has 94 valence electrons. The molecular weight excluding hydrogens is 220 g/mol. The fourth-order valence-corrected chi connectivity index (χ4v) is 1.50. The van der Waals surface area contributed by atoms with E-state index in [0.29, 0.717) is 11.3 Å². The van der Waals surface area contributed by atoms with Crippen molar-refractivity contribution in [2.24, 2.45) is 0 Å². The number of carbonyl (C=O) groups is 1. The molecule has 1 amide bonds. The second-order valence-electron chi connectivity index (χ2n) is 3.72. The van der Waals surface area contributed by atoms with E-state index in [0.717, 1.165) is 0 Å². The Morgan fingerprint density at radius 1 is 1.24 bits per heavy atom. The standard InChI is InChI=1S/C12H18N2O3/c1-8(12(16-2)17-3)14-11(15)9-4-6-10(13)7-5-9/h4-8,12H,13H2,1-3H3,(H,14,15). The number of carbonyl (C=O) groups excluding carboxylic acids is 1. The minimum atomic E-state index is -0.465. The molecule has 0 bridgehead atoms. The number of nitrogens with one attached hydrogen (secondary N) is 1. The summed E-state index contributed by atoms with van der Waals surface area (Å²) in [5, 5.41) is 2.79. The maximum absolute atomic E-state index is 11.8. The molecule has 0 aromatic heterocycles. The zero-order valence-electron chi connectivity index (χ0n) is 10.3. The number of methoxy groups -OCH3 is 2. The van der Waals surface area contributed by atoms with Crippen molar-refractivity contribution in [1.82, 2.24) is 5.32 Å². The summed E-state index contributed by atoms with van der Waals surface area (Å²) in [5.41, 5.74) is 6.73. The highest BCUT2D eigenvalue weighted by Gasteiger charge is 2.18. The Balaban J connectivity index is 2.62. The van der Waals surface area contributed by atoms with Crippen LogP contribution in [0.3, 0.4) is 0 Å². The average Bonchev–Trinajstić information content (AvgIpc) is 2.31. The number of amides is 1. The first kappa shape index (κ1) is 13.5. The lowest BCUT2D eigenvalue weighted by Crippen LogP contribution is -2.42. The largest absolute Gasteiger partial charge is 0.399 e. The van der Waals surface area contributed by atoms with E-state index in [2.05, 4.69) is 5.32 Å². The van der Waals surface area contributed by atoms with Crippen LogP contribution in [0.5, 0.6) is 0 Å². The van der Waals surface area contributed by atoms with Gasteiger partial charge in [-0.15, -0.1) is 0 Å². The van der Waals surface area contributed by atoms with E-state index in [1.54, 1.807) is 24.3 Å². The fraction of sp³-hybridized carbons (Fsp3) is 0.417. The van der Waals surface area contributed by atoms with Crippen molar-refractivity contribution in [3.05, 3.63) is 29.8 Å². The van der Waals surface area contributed by atoms with Gasteiger partial charge in [0.05, 0.1) is 6.04 Å². The quantitative estimate of drug-likeness (QED) is 0.593. The molecule has 3 N–H and O–H groups in total. The van der Waals surface area contributed by atoms with Gasteiger partial charge in [-0.25, -0.2) is 0 Å². The van der Waals surface area contributed by atoms with Crippen LogP contribution in [0.4, 0.5) is 5.69 Å². The summed E-state index contributed by atoms with van der Waals surface area (Å²) in [7, 11) is 3.06. The van der Waals surface area contributed by atoms with Gasteiger partial charge in [0.25, 0.3) is 5.91 Å². The third kappa shape index (κ3) is 3.72. The number of hydrogen-bond donors (Lipinski definition) is 2. The minimum Gasteiger partial charge on any atom is -0.399 e. The Hall–Kier alpha value is -1.59. The molecule has 0 fully saturated rings. The topological polar surface area (TPSA) is 73.6 Å². The van der Waals surface area contributed by atoms with Gasteiger partial charge in [0.15, 0.2) is 6.29 Å². The number of hydrogen-bond acceptors (Lipinski definition) is 4. The monoisotopic (exact) mass is 238 g/mol. The van der Waals surface area contributed by atoms with Gasteiger partial charge < -0.3 is 20.5 Å². The lowest BCUT2D eigenvalue weighted by atomic mass is 10.2. The van der Waals surface area contributed by atoms with Crippen molar-refractivity contribution < 1.29 is 14.3 Å². The highest BCUT2D eigenvalue weighted by Crippen LogP contribution is 2.06. The van der Waals surface area contributed by atoms with Crippen LogP contribution in [0.1, 0.15) is 17.3 Å². The van der Waals surface area contributed by atoms with Gasteiger partial charge in [0, 0.05) is 25.5 Å². The van der Waals surface area contributed by atoms with Gasteiger partial charge in [-0.2, -0.15) is 0 Å². The fourth-order valence-electron chi connectivity index (χ4n) is 1.50. The van der Waals surface area contributed by atoms with Gasteiger partial charge in [-0.05, 0) is 31.2 Å². The van der Waals surface area contributed by atoms with Crippen LogP contribution in [0.2, 0.25) is 0 Å². The number of benzene rings is 1. The zero-order valence-corrected chi connectivity index (χ0v) is 10.3. The third-order valence-electron chi connectivity index (χ3n) is 2.40. The molecule has 1 unspecified atom stereocenters. The Morgan fingerprint density at radius 3 is 2.24 bits per heavy atom. The minimum absolute atomic E-state index is 0.184. The third-order valence-corrected chi connectivity index (χ3v) is 2.40. The summed E-state index contributed by atoms with van der Waals surface area (Å²) in [4.78, 5) is 11.8. The van der Waals surface area contributed by atoms with Crippen molar-refractivity contribution in [2.45, 2.75) is 19.3 Å². The van der Waals surface area contributed by atoms with Crippen LogP contribution in [0, 0.1) is 0 Å². The molecule has 5 nitrogen and oxygen atoms in total. The first-order valence-corrected chi connectivity index (χ1v) is 5.30. The average molecular weight is 238 g/mol. The SMILES string of the molecule is COC(OC)C(C)NC(=O)c1ccc(N)cc1. The first-order valence-electron chi connectivity index (χ1n) is 5.30. The molecule has 0 saturated heterocycles. The second kappa shape index (κ2) is 6.22. The summed E-state index contributed by atoms with van der Waals surface area (Å²) in [6, 6.07) is 6.47. The first-order chi connectivity index (χ1) is 8.08. The van der Waals surface area contributed by atoms with Crippen molar-refractivity contribution >= 4 is 11.6 Å². The van der Waals surface area contributed by atoms with E-state index >= 15 is 0 Å². The van der Waals surface area contributed by atoms with Gasteiger partial charge in [0.2, 0.25) is 0 Å². The molecule has 0 aliphatic carbocycles. The number of anilines is 1. The van der Waals surface area contributed by atoms with Crippen molar-refractivity contribution in [2.75, 3.05) is 20.0 Å². The van der Waals surface area contributed by atoms with E-state index in [9.17, 15) is 4.79 Å². The van der Waals surface area contributed by atoms with Gasteiger partial charge in [0.1, 0.15) is 0 Å². The predicted molar refractivity (Wildman–Crippen MR) is 65.6 cm³/mol. The summed E-state index contributed by atoms with van der Waals surface area (Å²) >= 11 is 0. The number of nitrogens with two attached hydrogens (primary N) is 1. The Morgan fingerprint density at radius 2 is 1.76 bits per heavy atom. The second-order valence-corrected chi connectivity index (χ2v) is 3.72. The molecule has 0 heterocycles. The number of rotatable bonds is 5. The lowest BCUT2D eigenvalue weighted by molar-refractivity contribution is -0.117. The zero-order chi connectivity index (χ0) is 12.8. The number of nitrogen functional groups attached to an aromatic ring is 1. The highest BCUT2D eigenvalue weighted by molar-refractivity contribution is 5.94. The molecule has 0 aliphatic rings. The summed E-state index contributed by atoms with van der Waals surface area (Å²) < 4.78 is 10.1. The van der Waals surface area contributed by atoms with E-state index in [1.807, 2.05) is 6.92 Å². The van der Waals surface area contributed by atoms with Crippen LogP contribution < -0.4 is 11.1 Å². The molecule has 1 aromatic carbocycles. The maximum atomic E-state index is 11.8. The van der Waals surface area contributed by atoms with Crippen molar-refractivity contribution in [1.29, 1.82) is 0 Å². The Kier molecular flexibility index (Phi) is 4.93. The molecule has 1 aromatic rings. The van der Waals surface area contributed by atoms with Gasteiger partial charge in [-0.1, -0.05) is 0 Å². The van der Waals surface area contributed by atoms with Crippen LogP contribution in [0.25, 0.3) is 0 Å². The Labute approximate surface area is 101 Å². The lowest BCUT2D eigenvalue weighted by Gasteiger charge is -2.22. The molecule has 0 spiro atoms. The summed E-state index contributed by atoms with van der Waals surface area (Å²) in [6.45, 7) is 1.81. The van der Waals surface area contributed by atoms with Crippen LogP contribution in [-0.2, 0) is 9.47 Å². The summed E-state index contributed by atoms with van der Waals surface area (Å²) in [6.07, 6.45) is -0.465. The predicted octanol–water partition coefficient (Wildman–Crippen LogP) is 1.01. The van der Waals surface area contributed by atoms with Crippen LogP contribution in [-0.4, -0.2) is 32.5 Å². The molecule has 5 heteroatoms. The van der Waals surface area contributed by atoms with Gasteiger partial charge in [-0.3, -0.25) is 4.79 Å². The molecule has 0 aliphatic heterocycles. The van der Waals surface area contributed by atoms with Crippen LogP contribution in [0.15, 0.2) is 24.3 Å². The van der Waals surface area contributed by atoms with E-state index in [1.165, 1.54) is 14.2 Å². The van der Waals surface area contributed by atoms with Crippen molar-refractivity contribution in [3.8, 4) is 0 Å². The molecule has 17 heavy (non-hydrogen) atoms. The van der Waals surface area contributed by atoms with Crippen LogP contribution >= 0.6 is 0 Å². The van der Waals surface area contributed by atoms with Crippen molar-refractivity contribution in [3.63, 3.8) is 0 Å². The smallest absolute Gasteiger partial charge is 0.251 e. The normalized spacial score (nSPS) is 12.5. The molecule has 1 atom stereocenters. The van der Waals surface area contributed by atoms with E-state index in [-0.39, 0.29) is 11.9 Å². The molecular formula is C12H18N2O3. The van der Waals surface area contributed by atoms with E-state index in [4.69, 9.17) is 15.2 Å². The van der Waals surface area contributed by atoms with Gasteiger partial charge >= 0.3 is 0 Å². The molecule has 1 rings (SSSR count).